The Labute approximate surface area is 205 Å². The smallest absolute Gasteiger partial charge is 0.325 e. The van der Waals surface area contributed by atoms with E-state index in [1.54, 1.807) is 58.2 Å². The van der Waals surface area contributed by atoms with Crippen LogP contribution in [0.2, 0.25) is 0 Å². The first-order valence-electron chi connectivity index (χ1n) is 11.6. The van der Waals surface area contributed by atoms with Gasteiger partial charge in [0.2, 0.25) is 5.91 Å². The first-order valence-corrected chi connectivity index (χ1v) is 11.6. The summed E-state index contributed by atoms with van der Waals surface area (Å²) in [5, 5.41) is 5.15. The summed E-state index contributed by atoms with van der Waals surface area (Å²) in [4.78, 5) is 39.8. The predicted molar refractivity (Wildman–Crippen MR) is 132 cm³/mol. The minimum atomic E-state index is -1.11. The Morgan fingerprint density at radius 3 is 2.34 bits per heavy atom. The van der Waals surface area contributed by atoms with Crippen molar-refractivity contribution in [3.05, 3.63) is 59.4 Å². The molecule has 1 aliphatic heterocycles. The van der Waals surface area contributed by atoms with E-state index >= 15 is 0 Å². The van der Waals surface area contributed by atoms with Gasteiger partial charge in [0.05, 0.1) is 12.3 Å². The number of halogens is 1. The lowest BCUT2D eigenvalue weighted by Crippen LogP contribution is -2.50. The van der Waals surface area contributed by atoms with Gasteiger partial charge in [-0.3, -0.25) is 9.59 Å². The van der Waals surface area contributed by atoms with Gasteiger partial charge in [-0.15, -0.1) is 0 Å². The van der Waals surface area contributed by atoms with Crippen molar-refractivity contribution in [3.8, 4) is 5.75 Å². The number of nitrogens with zero attached hydrogens (tertiary/aromatic N) is 1. The van der Waals surface area contributed by atoms with Gasteiger partial charge in [-0.2, -0.15) is 0 Å². The minimum absolute atomic E-state index is 0.0103. The zero-order valence-corrected chi connectivity index (χ0v) is 21.1. The molecule has 3 rings (SSSR count). The van der Waals surface area contributed by atoms with E-state index in [1.165, 1.54) is 12.1 Å². The molecule has 2 atom stereocenters. The number of ether oxygens (including phenoxy) is 2. The number of carbonyl (C=O) groups is 3. The molecule has 0 spiro atoms. The second-order valence-electron chi connectivity index (χ2n) is 8.16. The number of hydrogen-bond acceptors (Lipinski definition) is 5. The number of nitrogens with one attached hydrogen (secondary N) is 2. The molecule has 1 saturated heterocycles. The number of urea groups is 1. The van der Waals surface area contributed by atoms with Crippen LogP contribution in [-0.2, 0) is 14.3 Å². The van der Waals surface area contributed by atoms with Gasteiger partial charge >= 0.3 is 6.03 Å². The van der Waals surface area contributed by atoms with E-state index in [-0.39, 0.29) is 5.69 Å². The minimum Gasteiger partial charge on any atom is -0.491 e. The summed E-state index contributed by atoms with van der Waals surface area (Å²) in [6.45, 7) is 10.00. The number of imide groups is 1. The fourth-order valence-electron chi connectivity index (χ4n) is 3.63. The Bertz CT molecular complexity index is 1030. The highest BCUT2D eigenvalue weighted by Gasteiger charge is 2.46. The van der Waals surface area contributed by atoms with Gasteiger partial charge in [0.25, 0.3) is 5.91 Å². The molecule has 1 aliphatic rings. The molecule has 2 aromatic carbocycles. The molecule has 0 bridgehead atoms. The second-order valence-corrected chi connectivity index (χ2v) is 8.16. The molecule has 0 saturated carbocycles. The van der Waals surface area contributed by atoms with Crippen LogP contribution in [0.1, 0.15) is 44.9 Å². The van der Waals surface area contributed by atoms with E-state index in [1.807, 2.05) is 13.8 Å². The van der Waals surface area contributed by atoms with Crippen molar-refractivity contribution in [1.29, 1.82) is 0 Å². The van der Waals surface area contributed by atoms with E-state index < -0.39 is 41.7 Å². The number of benzene rings is 2. The van der Waals surface area contributed by atoms with Crippen molar-refractivity contribution in [2.75, 3.05) is 25.6 Å². The molecular weight excluding hydrogens is 453 g/mol. The van der Waals surface area contributed by atoms with Crippen LogP contribution in [0.25, 0.3) is 0 Å². The number of aryl methyl sites for hydroxylation is 1. The monoisotopic (exact) mass is 487 g/mol. The Hall–Kier alpha value is -3.46. The maximum atomic E-state index is 14.2. The van der Waals surface area contributed by atoms with Gasteiger partial charge in [0.15, 0.2) is 0 Å². The third-order valence-electron chi connectivity index (χ3n) is 5.30. The van der Waals surface area contributed by atoms with Crippen molar-refractivity contribution < 1.29 is 28.2 Å². The zero-order valence-electron chi connectivity index (χ0n) is 21.1. The lowest BCUT2D eigenvalue weighted by atomic mass is 10.00. The number of hydrogen-bond donors (Lipinski definition) is 2. The highest BCUT2D eigenvalue weighted by atomic mass is 19.1. The normalized spacial score (nSPS) is 15.9. The zero-order chi connectivity index (χ0) is 26.1. The van der Waals surface area contributed by atoms with Crippen LogP contribution in [0, 0.1) is 18.7 Å². The van der Waals surface area contributed by atoms with Gasteiger partial charge in [-0.25, -0.2) is 14.1 Å². The summed E-state index contributed by atoms with van der Waals surface area (Å²) in [6.07, 6.45) is 0. The quantitative estimate of drug-likeness (QED) is 0.403. The molecule has 1 heterocycles. The number of methoxy groups -OCH3 is 1. The molecule has 35 heavy (non-hydrogen) atoms. The Kier molecular flexibility index (Phi) is 10.2. The average molecular weight is 488 g/mol. The summed E-state index contributed by atoms with van der Waals surface area (Å²) in [5.41, 5.74) is 1.25. The van der Waals surface area contributed by atoms with Gasteiger partial charge < -0.3 is 20.1 Å². The molecule has 8 nitrogen and oxygen atoms in total. The lowest BCUT2D eigenvalue weighted by Gasteiger charge is -2.27. The number of amides is 4. The standard InChI is InChI=1S/C24H28FN3O5.C2H6/c1-14(2)21(22(29)26-19-10-5-15(3)13-18(19)25)28-23(30)20(27-24(28)31)16-6-8-17(9-7-16)33-12-11-32-4;1-2/h5-10,13-14,20-21H,11-12H2,1-4H3,(H,26,29)(H,27,31);1-2H3/t20-,21?;/m1./s1. The van der Waals surface area contributed by atoms with Gasteiger partial charge in [-0.1, -0.05) is 45.9 Å². The average Bonchev–Trinajstić information content (AvgIpc) is 3.11. The van der Waals surface area contributed by atoms with Crippen LogP contribution in [0.4, 0.5) is 14.9 Å². The maximum absolute atomic E-state index is 14.2. The van der Waals surface area contributed by atoms with Gasteiger partial charge in [0.1, 0.15) is 30.3 Å². The molecule has 0 aliphatic carbocycles. The fraction of sp³-hybridized carbons (Fsp3) is 0.423. The van der Waals surface area contributed by atoms with Crippen LogP contribution in [-0.4, -0.2) is 49.1 Å². The van der Waals surface area contributed by atoms with Crippen molar-refractivity contribution in [2.24, 2.45) is 5.92 Å². The van der Waals surface area contributed by atoms with Crippen LogP contribution < -0.4 is 15.4 Å². The molecule has 1 unspecified atom stereocenters. The summed E-state index contributed by atoms with van der Waals surface area (Å²) in [6, 6.07) is 8.44. The van der Waals surface area contributed by atoms with Crippen LogP contribution in [0.5, 0.6) is 5.75 Å². The molecule has 2 N–H and O–H groups in total. The van der Waals surface area contributed by atoms with Crippen molar-refractivity contribution in [2.45, 2.75) is 46.7 Å². The first-order chi connectivity index (χ1) is 16.7. The largest absolute Gasteiger partial charge is 0.491 e. The van der Waals surface area contributed by atoms with E-state index in [0.717, 1.165) is 4.90 Å². The SMILES string of the molecule is CC.COCCOc1ccc([C@H]2NC(=O)N(C(C(=O)Nc3ccc(C)cc3F)C(C)C)C2=O)cc1. The third-order valence-corrected chi connectivity index (χ3v) is 5.30. The Morgan fingerprint density at radius 2 is 1.77 bits per heavy atom. The predicted octanol–water partition coefficient (Wildman–Crippen LogP) is 4.44. The fourth-order valence-corrected chi connectivity index (χ4v) is 3.63. The van der Waals surface area contributed by atoms with Crippen LogP contribution in [0.3, 0.4) is 0 Å². The molecule has 1 fully saturated rings. The summed E-state index contributed by atoms with van der Waals surface area (Å²) < 4.78 is 24.7. The van der Waals surface area contributed by atoms with Crippen molar-refractivity contribution >= 4 is 23.5 Å². The number of anilines is 1. The lowest BCUT2D eigenvalue weighted by molar-refractivity contribution is -0.135. The third kappa shape index (κ3) is 6.79. The molecule has 190 valence electrons. The maximum Gasteiger partial charge on any atom is 0.325 e. The topological polar surface area (TPSA) is 97.0 Å². The van der Waals surface area contributed by atoms with Crippen molar-refractivity contribution in [1.82, 2.24) is 10.2 Å². The molecule has 2 aromatic rings. The van der Waals surface area contributed by atoms with E-state index in [0.29, 0.717) is 30.1 Å². The van der Waals surface area contributed by atoms with E-state index in [2.05, 4.69) is 10.6 Å². The highest BCUT2D eigenvalue weighted by Crippen LogP contribution is 2.28. The van der Waals surface area contributed by atoms with Gasteiger partial charge in [-0.05, 0) is 48.2 Å². The summed E-state index contributed by atoms with van der Waals surface area (Å²) in [5.74, 6) is -1.58. The molecule has 0 aromatic heterocycles. The molecular formula is C26H34FN3O5. The molecule has 9 heteroatoms. The van der Waals surface area contributed by atoms with Crippen LogP contribution >= 0.6 is 0 Å². The highest BCUT2D eigenvalue weighted by molar-refractivity contribution is 6.09. The number of rotatable bonds is 9. The van der Waals surface area contributed by atoms with E-state index in [4.69, 9.17) is 9.47 Å². The molecule has 4 amide bonds. The summed E-state index contributed by atoms with van der Waals surface area (Å²) in [7, 11) is 1.58. The summed E-state index contributed by atoms with van der Waals surface area (Å²) >= 11 is 0. The molecule has 0 radical (unpaired) electrons. The Morgan fingerprint density at radius 1 is 1.11 bits per heavy atom. The second kappa shape index (κ2) is 12.9. The Balaban J connectivity index is 0.00000210. The van der Waals surface area contributed by atoms with E-state index in [9.17, 15) is 18.8 Å². The van der Waals surface area contributed by atoms with Crippen LogP contribution in [0.15, 0.2) is 42.5 Å². The van der Waals surface area contributed by atoms with Crippen molar-refractivity contribution in [3.63, 3.8) is 0 Å². The first kappa shape index (κ1) is 27.8. The van der Waals surface area contributed by atoms with Gasteiger partial charge in [0, 0.05) is 7.11 Å². The number of carbonyl (C=O) groups excluding carboxylic acids is 3.